The molecule has 1 aliphatic heterocycles. The van der Waals surface area contributed by atoms with Crippen LogP contribution >= 0.6 is 11.6 Å². The van der Waals surface area contributed by atoms with E-state index in [0.29, 0.717) is 6.04 Å². The lowest BCUT2D eigenvalue weighted by atomic mass is 10.0. The van der Waals surface area contributed by atoms with Crippen LogP contribution in [0.3, 0.4) is 0 Å². The molecule has 0 radical (unpaired) electrons. The van der Waals surface area contributed by atoms with E-state index in [4.69, 9.17) is 11.6 Å². The standard InChI is InChI=1S/C13H17ClN2/c14-11-3-1-10(2-4-11)13-9-16(8-7-15-13)12-5-6-12/h1-4,12-13,15H,5-9H2/t13-/m1/s1. The molecule has 0 spiro atoms. The van der Waals surface area contributed by atoms with E-state index in [-0.39, 0.29) is 0 Å². The summed E-state index contributed by atoms with van der Waals surface area (Å²) in [7, 11) is 0. The van der Waals surface area contributed by atoms with Gasteiger partial charge in [0.1, 0.15) is 0 Å². The summed E-state index contributed by atoms with van der Waals surface area (Å²) in [6, 6.07) is 9.58. The molecule has 1 heterocycles. The Morgan fingerprint density at radius 2 is 1.94 bits per heavy atom. The smallest absolute Gasteiger partial charge is 0.0449 e. The number of piperazine rings is 1. The van der Waals surface area contributed by atoms with Gasteiger partial charge in [-0.2, -0.15) is 0 Å². The summed E-state index contributed by atoms with van der Waals surface area (Å²) in [5.74, 6) is 0. The fourth-order valence-electron chi connectivity index (χ4n) is 2.46. The second-order valence-corrected chi connectivity index (χ2v) is 5.22. The molecule has 1 saturated carbocycles. The second-order valence-electron chi connectivity index (χ2n) is 4.78. The van der Waals surface area contributed by atoms with Gasteiger partial charge in [-0.05, 0) is 30.5 Å². The highest BCUT2D eigenvalue weighted by molar-refractivity contribution is 6.30. The first-order valence-corrected chi connectivity index (χ1v) is 6.43. The van der Waals surface area contributed by atoms with Crippen LogP contribution in [-0.4, -0.2) is 30.6 Å². The van der Waals surface area contributed by atoms with Crippen molar-refractivity contribution in [3.63, 3.8) is 0 Å². The highest BCUT2D eigenvalue weighted by atomic mass is 35.5. The third kappa shape index (κ3) is 2.24. The summed E-state index contributed by atoms with van der Waals surface area (Å²) in [4.78, 5) is 2.62. The molecule has 1 N–H and O–H groups in total. The van der Waals surface area contributed by atoms with Crippen LogP contribution in [0.25, 0.3) is 0 Å². The van der Waals surface area contributed by atoms with Gasteiger partial charge in [0.25, 0.3) is 0 Å². The lowest BCUT2D eigenvalue weighted by Gasteiger charge is -2.34. The van der Waals surface area contributed by atoms with Gasteiger partial charge < -0.3 is 5.32 Å². The summed E-state index contributed by atoms with van der Waals surface area (Å²) in [6.45, 7) is 3.45. The topological polar surface area (TPSA) is 15.3 Å². The van der Waals surface area contributed by atoms with Crippen molar-refractivity contribution in [2.75, 3.05) is 19.6 Å². The Kier molecular flexibility index (Phi) is 2.88. The minimum absolute atomic E-state index is 0.478. The highest BCUT2D eigenvalue weighted by Crippen LogP contribution is 2.30. The molecule has 2 fully saturated rings. The number of benzene rings is 1. The largest absolute Gasteiger partial charge is 0.308 e. The van der Waals surface area contributed by atoms with Crippen LogP contribution in [0.15, 0.2) is 24.3 Å². The highest BCUT2D eigenvalue weighted by Gasteiger charge is 2.32. The Balaban J connectivity index is 1.71. The normalized spacial score (nSPS) is 26.9. The van der Waals surface area contributed by atoms with Gasteiger partial charge in [0, 0.05) is 36.7 Å². The van der Waals surface area contributed by atoms with Gasteiger partial charge in [0.05, 0.1) is 0 Å². The summed E-state index contributed by atoms with van der Waals surface area (Å²) in [6.07, 6.45) is 2.79. The van der Waals surface area contributed by atoms with Crippen LogP contribution in [0.2, 0.25) is 5.02 Å². The molecule has 0 unspecified atom stereocenters. The van der Waals surface area contributed by atoms with Crippen LogP contribution < -0.4 is 5.32 Å². The van der Waals surface area contributed by atoms with Crippen LogP contribution in [0.1, 0.15) is 24.4 Å². The van der Waals surface area contributed by atoms with E-state index in [1.54, 1.807) is 0 Å². The monoisotopic (exact) mass is 236 g/mol. The van der Waals surface area contributed by atoms with Crippen molar-refractivity contribution >= 4 is 11.6 Å². The summed E-state index contributed by atoms with van der Waals surface area (Å²) < 4.78 is 0. The molecule has 0 amide bonds. The van der Waals surface area contributed by atoms with Crippen molar-refractivity contribution in [2.45, 2.75) is 24.9 Å². The third-order valence-corrected chi connectivity index (χ3v) is 3.79. The Hall–Kier alpha value is -0.570. The lowest BCUT2D eigenvalue weighted by molar-refractivity contribution is 0.192. The van der Waals surface area contributed by atoms with E-state index in [1.807, 2.05) is 12.1 Å². The number of hydrogen-bond donors (Lipinski definition) is 1. The van der Waals surface area contributed by atoms with Crippen LogP contribution in [-0.2, 0) is 0 Å². The van der Waals surface area contributed by atoms with Gasteiger partial charge in [0.2, 0.25) is 0 Å². The van der Waals surface area contributed by atoms with Crippen molar-refractivity contribution in [3.05, 3.63) is 34.9 Å². The van der Waals surface area contributed by atoms with E-state index < -0.39 is 0 Å². The maximum atomic E-state index is 5.91. The minimum atomic E-state index is 0.478. The second kappa shape index (κ2) is 4.36. The molecule has 2 aliphatic rings. The average Bonchev–Trinajstić information content (AvgIpc) is 3.14. The Bertz CT molecular complexity index is 359. The fourth-order valence-corrected chi connectivity index (χ4v) is 2.59. The van der Waals surface area contributed by atoms with Crippen molar-refractivity contribution in [3.8, 4) is 0 Å². The first-order chi connectivity index (χ1) is 7.83. The fraction of sp³-hybridized carbons (Fsp3) is 0.538. The molecule has 1 aliphatic carbocycles. The molecule has 1 aromatic carbocycles. The molecule has 0 bridgehead atoms. The van der Waals surface area contributed by atoms with Crippen LogP contribution in [0.4, 0.5) is 0 Å². The maximum Gasteiger partial charge on any atom is 0.0449 e. The summed E-state index contributed by atoms with van der Waals surface area (Å²) >= 11 is 5.91. The zero-order valence-electron chi connectivity index (χ0n) is 9.32. The van der Waals surface area contributed by atoms with E-state index in [9.17, 15) is 0 Å². The number of hydrogen-bond acceptors (Lipinski definition) is 2. The van der Waals surface area contributed by atoms with Crippen molar-refractivity contribution in [1.29, 1.82) is 0 Å². The van der Waals surface area contributed by atoms with Crippen LogP contribution in [0.5, 0.6) is 0 Å². The predicted octanol–water partition coefficient (Wildman–Crippen LogP) is 2.45. The first-order valence-electron chi connectivity index (χ1n) is 6.06. The van der Waals surface area contributed by atoms with Crippen molar-refractivity contribution in [2.24, 2.45) is 0 Å². The quantitative estimate of drug-likeness (QED) is 0.849. The van der Waals surface area contributed by atoms with Gasteiger partial charge >= 0.3 is 0 Å². The zero-order chi connectivity index (χ0) is 11.0. The van der Waals surface area contributed by atoms with E-state index in [1.165, 1.54) is 24.9 Å². The summed E-state index contributed by atoms with van der Waals surface area (Å²) in [5.41, 5.74) is 1.36. The Morgan fingerprint density at radius 3 is 2.62 bits per heavy atom. The molecular formula is C13H17ClN2. The number of rotatable bonds is 2. The molecule has 1 saturated heterocycles. The molecule has 86 valence electrons. The van der Waals surface area contributed by atoms with Gasteiger partial charge in [-0.25, -0.2) is 0 Å². The van der Waals surface area contributed by atoms with E-state index in [2.05, 4.69) is 22.3 Å². The van der Waals surface area contributed by atoms with Gasteiger partial charge in [-0.1, -0.05) is 23.7 Å². The van der Waals surface area contributed by atoms with Crippen LogP contribution in [0, 0.1) is 0 Å². The third-order valence-electron chi connectivity index (χ3n) is 3.54. The van der Waals surface area contributed by atoms with E-state index in [0.717, 1.165) is 24.2 Å². The molecule has 1 aromatic rings. The van der Waals surface area contributed by atoms with E-state index >= 15 is 0 Å². The average molecular weight is 237 g/mol. The van der Waals surface area contributed by atoms with Gasteiger partial charge in [-0.15, -0.1) is 0 Å². The number of nitrogens with one attached hydrogen (secondary N) is 1. The number of nitrogens with zero attached hydrogens (tertiary/aromatic N) is 1. The Morgan fingerprint density at radius 1 is 1.19 bits per heavy atom. The summed E-state index contributed by atoms with van der Waals surface area (Å²) in [5, 5.41) is 4.40. The predicted molar refractivity (Wildman–Crippen MR) is 66.8 cm³/mol. The number of halogens is 1. The molecule has 3 rings (SSSR count). The molecule has 0 aromatic heterocycles. The minimum Gasteiger partial charge on any atom is -0.308 e. The molecular weight excluding hydrogens is 220 g/mol. The van der Waals surface area contributed by atoms with Crippen molar-refractivity contribution in [1.82, 2.24) is 10.2 Å². The van der Waals surface area contributed by atoms with Gasteiger partial charge in [-0.3, -0.25) is 4.90 Å². The molecule has 16 heavy (non-hydrogen) atoms. The molecule has 3 heteroatoms. The van der Waals surface area contributed by atoms with Crippen molar-refractivity contribution < 1.29 is 0 Å². The SMILES string of the molecule is Clc1ccc([C@H]2CN(C3CC3)CCN2)cc1. The Labute approximate surface area is 102 Å². The lowest BCUT2D eigenvalue weighted by Crippen LogP contribution is -2.46. The molecule has 1 atom stereocenters. The molecule has 2 nitrogen and oxygen atoms in total. The van der Waals surface area contributed by atoms with Gasteiger partial charge in [0.15, 0.2) is 0 Å². The zero-order valence-corrected chi connectivity index (χ0v) is 10.1. The first kappa shape index (κ1) is 10.6. The maximum absolute atomic E-state index is 5.91.